The standard InChI is InChI=1S/C8H9FO5S/c1-14-7-3-2-5(4-6(7)9)8(10)15(11,12)13/h2-4,8,10H,1H3,(H,11,12,13). The van der Waals surface area contributed by atoms with Gasteiger partial charge in [-0.1, -0.05) is 6.07 Å². The van der Waals surface area contributed by atoms with Gasteiger partial charge in [-0.25, -0.2) is 4.39 Å². The average molecular weight is 236 g/mol. The lowest BCUT2D eigenvalue weighted by Gasteiger charge is -2.08. The number of hydrogen-bond acceptors (Lipinski definition) is 4. The fourth-order valence-corrected chi connectivity index (χ4v) is 1.50. The third-order valence-electron chi connectivity index (χ3n) is 1.74. The summed E-state index contributed by atoms with van der Waals surface area (Å²) in [5.74, 6) is -0.904. The van der Waals surface area contributed by atoms with Gasteiger partial charge in [0.2, 0.25) is 5.44 Å². The van der Waals surface area contributed by atoms with E-state index in [9.17, 15) is 12.8 Å². The molecule has 0 saturated heterocycles. The largest absolute Gasteiger partial charge is 0.494 e. The van der Waals surface area contributed by atoms with Crippen LogP contribution in [-0.2, 0) is 10.1 Å². The van der Waals surface area contributed by atoms with Crippen molar-refractivity contribution in [3.63, 3.8) is 0 Å². The van der Waals surface area contributed by atoms with Gasteiger partial charge in [-0.15, -0.1) is 0 Å². The third kappa shape index (κ3) is 2.65. The molecule has 0 aliphatic carbocycles. The molecule has 1 unspecified atom stereocenters. The summed E-state index contributed by atoms with van der Waals surface area (Å²) in [6.45, 7) is 0. The van der Waals surface area contributed by atoms with Crippen molar-refractivity contribution in [3.8, 4) is 5.75 Å². The zero-order chi connectivity index (χ0) is 11.6. The van der Waals surface area contributed by atoms with E-state index in [0.717, 1.165) is 18.2 Å². The monoisotopic (exact) mass is 236 g/mol. The van der Waals surface area contributed by atoms with Crippen LogP contribution in [0.5, 0.6) is 5.75 Å². The maximum absolute atomic E-state index is 13.1. The molecular formula is C8H9FO5S. The second-order valence-corrected chi connectivity index (χ2v) is 4.24. The highest BCUT2D eigenvalue weighted by atomic mass is 32.2. The Kier molecular flexibility index (Phi) is 3.28. The van der Waals surface area contributed by atoms with E-state index in [2.05, 4.69) is 4.74 Å². The molecule has 7 heteroatoms. The number of rotatable bonds is 3. The molecule has 1 rings (SSSR count). The topological polar surface area (TPSA) is 83.8 Å². The summed E-state index contributed by atoms with van der Waals surface area (Å²) >= 11 is 0. The Labute approximate surface area is 85.9 Å². The number of benzene rings is 1. The van der Waals surface area contributed by atoms with Crippen LogP contribution in [0.1, 0.15) is 11.0 Å². The Hall–Kier alpha value is -1.18. The van der Waals surface area contributed by atoms with Crippen LogP contribution in [0.15, 0.2) is 18.2 Å². The second kappa shape index (κ2) is 4.13. The van der Waals surface area contributed by atoms with Crippen molar-refractivity contribution in [2.24, 2.45) is 0 Å². The van der Waals surface area contributed by atoms with Crippen LogP contribution in [0.25, 0.3) is 0 Å². The molecule has 0 amide bonds. The van der Waals surface area contributed by atoms with Crippen molar-refractivity contribution in [2.45, 2.75) is 5.44 Å². The van der Waals surface area contributed by atoms with Gasteiger partial charge in [0, 0.05) is 5.56 Å². The van der Waals surface area contributed by atoms with Gasteiger partial charge >= 0.3 is 0 Å². The zero-order valence-corrected chi connectivity index (χ0v) is 8.53. The molecule has 2 N–H and O–H groups in total. The molecule has 0 heterocycles. The van der Waals surface area contributed by atoms with Crippen LogP contribution in [0, 0.1) is 5.82 Å². The van der Waals surface area contributed by atoms with Crippen LogP contribution in [-0.4, -0.2) is 25.2 Å². The SMILES string of the molecule is COc1ccc(C(O)S(=O)(=O)O)cc1F. The Balaban J connectivity index is 3.13. The van der Waals surface area contributed by atoms with Gasteiger partial charge in [-0.3, -0.25) is 4.55 Å². The second-order valence-electron chi connectivity index (χ2n) is 2.76. The maximum Gasteiger partial charge on any atom is 0.296 e. The lowest BCUT2D eigenvalue weighted by Crippen LogP contribution is -2.11. The van der Waals surface area contributed by atoms with Crippen molar-refractivity contribution in [2.75, 3.05) is 7.11 Å². The molecular weight excluding hydrogens is 227 g/mol. The summed E-state index contributed by atoms with van der Waals surface area (Å²) in [7, 11) is -3.40. The molecule has 0 saturated carbocycles. The minimum atomic E-state index is -4.64. The van der Waals surface area contributed by atoms with Gasteiger partial charge < -0.3 is 9.84 Å². The van der Waals surface area contributed by atoms with Crippen LogP contribution < -0.4 is 4.74 Å². The Morgan fingerprint density at radius 1 is 1.47 bits per heavy atom. The van der Waals surface area contributed by atoms with E-state index in [0.29, 0.717) is 0 Å². The van der Waals surface area contributed by atoms with Gasteiger partial charge in [-0.2, -0.15) is 8.42 Å². The minimum absolute atomic E-state index is 0.0821. The molecule has 0 bridgehead atoms. The van der Waals surface area contributed by atoms with E-state index in [1.54, 1.807) is 0 Å². The summed E-state index contributed by atoms with van der Waals surface area (Å²) < 4.78 is 47.3. The molecule has 15 heavy (non-hydrogen) atoms. The Morgan fingerprint density at radius 3 is 2.47 bits per heavy atom. The smallest absolute Gasteiger partial charge is 0.296 e. The summed E-state index contributed by atoms with van der Waals surface area (Å²) in [5.41, 5.74) is -2.42. The Bertz CT molecular complexity index is 456. The lowest BCUT2D eigenvalue weighted by atomic mass is 10.2. The molecule has 5 nitrogen and oxygen atoms in total. The van der Waals surface area contributed by atoms with Crippen molar-refractivity contribution in [1.82, 2.24) is 0 Å². The fraction of sp³-hybridized carbons (Fsp3) is 0.250. The molecule has 1 aromatic carbocycles. The molecule has 1 atom stereocenters. The molecule has 0 aliphatic heterocycles. The summed E-state index contributed by atoms with van der Waals surface area (Å²) in [6, 6.07) is 3.07. The number of ether oxygens (including phenoxy) is 1. The fourth-order valence-electron chi connectivity index (χ4n) is 1.01. The number of aliphatic hydroxyl groups excluding tert-OH is 1. The first-order chi connectivity index (χ1) is 6.86. The van der Waals surface area contributed by atoms with E-state index in [1.165, 1.54) is 7.11 Å². The first-order valence-corrected chi connectivity index (χ1v) is 5.34. The van der Waals surface area contributed by atoms with Gasteiger partial charge in [0.05, 0.1) is 7.11 Å². The highest BCUT2D eigenvalue weighted by molar-refractivity contribution is 7.85. The van der Waals surface area contributed by atoms with Gasteiger partial charge in [0.15, 0.2) is 11.6 Å². The predicted octanol–water partition coefficient (Wildman–Crippen LogP) is 0.713. The van der Waals surface area contributed by atoms with E-state index in [1.807, 2.05) is 0 Å². The quantitative estimate of drug-likeness (QED) is 0.755. The normalized spacial score (nSPS) is 13.6. The zero-order valence-electron chi connectivity index (χ0n) is 7.71. The molecule has 84 valence electrons. The van der Waals surface area contributed by atoms with E-state index >= 15 is 0 Å². The average Bonchev–Trinajstić information content (AvgIpc) is 2.15. The maximum atomic E-state index is 13.1. The molecule has 1 aromatic rings. The number of hydrogen-bond donors (Lipinski definition) is 2. The molecule has 0 aliphatic rings. The third-order valence-corrected chi connectivity index (χ3v) is 2.58. The van der Waals surface area contributed by atoms with E-state index in [-0.39, 0.29) is 11.3 Å². The van der Waals surface area contributed by atoms with Crippen LogP contribution in [0.3, 0.4) is 0 Å². The summed E-state index contributed by atoms with van der Waals surface area (Å²) in [4.78, 5) is 0. The molecule has 0 fully saturated rings. The highest BCUT2D eigenvalue weighted by Gasteiger charge is 2.22. The highest BCUT2D eigenvalue weighted by Crippen LogP contribution is 2.24. The van der Waals surface area contributed by atoms with Crippen LogP contribution in [0.2, 0.25) is 0 Å². The number of methoxy groups -OCH3 is 1. The van der Waals surface area contributed by atoms with Crippen LogP contribution in [0.4, 0.5) is 4.39 Å². The van der Waals surface area contributed by atoms with Crippen molar-refractivity contribution >= 4 is 10.1 Å². The molecule has 0 aromatic heterocycles. The van der Waals surface area contributed by atoms with Crippen molar-refractivity contribution in [1.29, 1.82) is 0 Å². The number of aliphatic hydroxyl groups is 1. The van der Waals surface area contributed by atoms with Gasteiger partial charge in [0.1, 0.15) is 0 Å². The van der Waals surface area contributed by atoms with Crippen LogP contribution >= 0.6 is 0 Å². The number of halogens is 1. The first kappa shape index (κ1) is 11.9. The molecule has 0 radical (unpaired) electrons. The van der Waals surface area contributed by atoms with Crippen molar-refractivity contribution < 1.29 is 27.2 Å². The molecule has 0 spiro atoms. The Morgan fingerprint density at radius 2 is 2.07 bits per heavy atom. The lowest BCUT2D eigenvalue weighted by molar-refractivity contribution is 0.237. The summed E-state index contributed by atoms with van der Waals surface area (Å²) in [6.07, 6.45) is 0. The van der Waals surface area contributed by atoms with Crippen molar-refractivity contribution in [3.05, 3.63) is 29.6 Å². The summed E-state index contributed by atoms with van der Waals surface area (Å²) in [5, 5.41) is 9.10. The first-order valence-electron chi connectivity index (χ1n) is 3.84. The van der Waals surface area contributed by atoms with Gasteiger partial charge in [0.25, 0.3) is 10.1 Å². The van der Waals surface area contributed by atoms with E-state index < -0.39 is 21.4 Å². The minimum Gasteiger partial charge on any atom is -0.494 e. The predicted molar refractivity (Wildman–Crippen MR) is 49.5 cm³/mol. The van der Waals surface area contributed by atoms with E-state index in [4.69, 9.17) is 9.66 Å². The van der Waals surface area contributed by atoms with Gasteiger partial charge in [-0.05, 0) is 12.1 Å².